The highest BCUT2D eigenvalue weighted by molar-refractivity contribution is 5.68. The van der Waals surface area contributed by atoms with Crippen molar-refractivity contribution in [3.05, 3.63) is 12.1 Å². The summed E-state index contributed by atoms with van der Waals surface area (Å²) < 4.78 is 21.5. The van der Waals surface area contributed by atoms with Crippen molar-refractivity contribution in [3.63, 3.8) is 0 Å². The second-order valence-electron chi connectivity index (χ2n) is 5.58. The zero-order valence-electron chi connectivity index (χ0n) is 13.1. The number of hydrogen-bond donors (Lipinski definition) is 0. The van der Waals surface area contributed by atoms with Crippen LogP contribution in [0.15, 0.2) is 12.1 Å². The van der Waals surface area contributed by atoms with E-state index in [0.29, 0.717) is 38.1 Å². The Labute approximate surface area is 134 Å². The predicted octanol–water partition coefficient (Wildman–Crippen LogP) is 1.25. The molecule has 0 radical (unpaired) electrons. The van der Waals surface area contributed by atoms with Gasteiger partial charge in [-0.05, 0) is 0 Å². The summed E-state index contributed by atoms with van der Waals surface area (Å²) in [6, 6.07) is 3.39. The molecule has 8 nitrogen and oxygen atoms in total. The number of nitrogens with zero attached hydrogens (tertiary/aromatic N) is 3. The third-order valence-electron chi connectivity index (χ3n) is 3.95. The van der Waals surface area contributed by atoms with Crippen molar-refractivity contribution in [3.8, 4) is 11.8 Å². The minimum atomic E-state index is -0.274. The van der Waals surface area contributed by atoms with Gasteiger partial charge in [0.25, 0.3) is 0 Å². The zero-order chi connectivity index (χ0) is 16.1. The maximum Gasteiger partial charge on any atom is 0.410 e. The molecule has 1 amide bonds. The van der Waals surface area contributed by atoms with Gasteiger partial charge in [0.1, 0.15) is 12.2 Å². The van der Waals surface area contributed by atoms with Crippen molar-refractivity contribution < 1.29 is 23.7 Å². The highest BCUT2D eigenvalue weighted by Crippen LogP contribution is 2.19. The van der Waals surface area contributed by atoms with Gasteiger partial charge in [0, 0.05) is 37.9 Å². The molecule has 3 rings (SSSR count). The van der Waals surface area contributed by atoms with Gasteiger partial charge in [0.05, 0.1) is 26.9 Å². The van der Waals surface area contributed by atoms with E-state index in [1.54, 1.807) is 17.0 Å². The standard InChI is InChI=1S/C15H21N3O5/c1-20-13-2-3-14(17-16-13)22-12-4-7-18(10-12)15(19)23-11-5-8-21-9-6-11/h2-3,11-12H,4-10H2,1H3. The summed E-state index contributed by atoms with van der Waals surface area (Å²) in [6.45, 7) is 2.42. The lowest BCUT2D eigenvalue weighted by Gasteiger charge is -2.25. The van der Waals surface area contributed by atoms with E-state index in [2.05, 4.69) is 10.2 Å². The molecule has 0 aromatic carbocycles. The third-order valence-corrected chi connectivity index (χ3v) is 3.95. The van der Waals surface area contributed by atoms with Crippen LogP contribution in [0, 0.1) is 0 Å². The molecule has 3 heterocycles. The summed E-state index contributed by atoms with van der Waals surface area (Å²) in [5, 5.41) is 7.79. The molecule has 23 heavy (non-hydrogen) atoms. The number of ether oxygens (including phenoxy) is 4. The lowest BCUT2D eigenvalue weighted by Crippen LogP contribution is -2.36. The van der Waals surface area contributed by atoms with Gasteiger partial charge in [-0.15, -0.1) is 10.2 Å². The Morgan fingerprint density at radius 1 is 1.17 bits per heavy atom. The van der Waals surface area contributed by atoms with Crippen LogP contribution in [0.4, 0.5) is 4.79 Å². The van der Waals surface area contributed by atoms with Crippen molar-refractivity contribution in [2.45, 2.75) is 31.5 Å². The minimum absolute atomic E-state index is 0.0383. The van der Waals surface area contributed by atoms with E-state index >= 15 is 0 Å². The summed E-state index contributed by atoms with van der Waals surface area (Å²) in [6.07, 6.45) is 1.87. The number of carbonyl (C=O) groups excluding carboxylic acids is 1. The first kappa shape index (κ1) is 15.8. The number of rotatable bonds is 4. The fraction of sp³-hybridized carbons (Fsp3) is 0.667. The van der Waals surface area contributed by atoms with Gasteiger partial charge in [-0.2, -0.15) is 0 Å². The zero-order valence-corrected chi connectivity index (χ0v) is 13.1. The minimum Gasteiger partial charge on any atom is -0.480 e. The first-order valence-corrected chi connectivity index (χ1v) is 7.82. The van der Waals surface area contributed by atoms with Crippen LogP contribution in [0.3, 0.4) is 0 Å². The number of aromatic nitrogens is 2. The van der Waals surface area contributed by atoms with Crippen LogP contribution in [0.25, 0.3) is 0 Å². The van der Waals surface area contributed by atoms with E-state index in [1.807, 2.05) is 0 Å². The molecule has 1 atom stereocenters. The first-order valence-electron chi connectivity index (χ1n) is 7.82. The fourth-order valence-corrected chi connectivity index (χ4v) is 2.65. The molecule has 8 heteroatoms. The second-order valence-corrected chi connectivity index (χ2v) is 5.58. The molecule has 0 bridgehead atoms. The SMILES string of the molecule is COc1ccc(OC2CCN(C(=O)OC3CCOCC3)C2)nn1. The molecule has 0 saturated carbocycles. The van der Waals surface area contributed by atoms with Gasteiger partial charge in [-0.1, -0.05) is 0 Å². The van der Waals surface area contributed by atoms with Crippen molar-refractivity contribution in [2.75, 3.05) is 33.4 Å². The number of likely N-dealkylation sites (tertiary alicyclic amines) is 1. The van der Waals surface area contributed by atoms with Gasteiger partial charge < -0.3 is 23.8 Å². The largest absolute Gasteiger partial charge is 0.480 e. The molecule has 126 valence electrons. The van der Waals surface area contributed by atoms with Crippen molar-refractivity contribution >= 4 is 6.09 Å². The number of amides is 1. The van der Waals surface area contributed by atoms with E-state index in [4.69, 9.17) is 18.9 Å². The van der Waals surface area contributed by atoms with E-state index in [-0.39, 0.29) is 18.3 Å². The molecule has 2 aliphatic rings. The molecular weight excluding hydrogens is 302 g/mol. The second kappa shape index (κ2) is 7.45. The third kappa shape index (κ3) is 4.22. The van der Waals surface area contributed by atoms with Gasteiger partial charge >= 0.3 is 6.09 Å². The maximum absolute atomic E-state index is 12.2. The topological polar surface area (TPSA) is 83.0 Å². The smallest absolute Gasteiger partial charge is 0.410 e. The highest BCUT2D eigenvalue weighted by Gasteiger charge is 2.30. The lowest BCUT2D eigenvalue weighted by atomic mass is 10.2. The monoisotopic (exact) mass is 323 g/mol. The summed E-state index contributed by atoms with van der Waals surface area (Å²) in [5.74, 6) is 0.862. The highest BCUT2D eigenvalue weighted by atomic mass is 16.6. The maximum atomic E-state index is 12.2. The Morgan fingerprint density at radius 2 is 1.91 bits per heavy atom. The average Bonchev–Trinajstić information content (AvgIpc) is 3.05. The van der Waals surface area contributed by atoms with Crippen LogP contribution in [0.2, 0.25) is 0 Å². The predicted molar refractivity (Wildman–Crippen MR) is 79.5 cm³/mol. The molecule has 2 fully saturated rings. The van der Waals surface area contributed by atoms with Crippen LogP contribution in [-0.4, -0.2) is 66.8 Å². The Morgan fingerprint density at radius 3 is 2.61 bits per heavy atom. The molecule has 0 spiro atoms. The van der Waals surface area contributed by atoms with Gasteiger partial charge in [-0.25, -0.2) is 4.79 Å². The summed E-state index contributed by atoms with van der Waals surface area (Å²) in [5.41, 5.74) is 0. The van der Waals surface area contributed by atoms with Crippen LogP contribution >= 0.6 is 0 Å². The molecule has 2 aliphatic heterocycles. The Balaban J connectivity index is 1.46. The van der Waals surface area contributed by atoms with E-state index in [1.165, 1.54) is 7.11 Å². The average molecular weight is 323 g/mol. The Hall–Kier alpha value is -2.09. The molecule has 1 unspecified atom stereocenters. The van der Waals surface area contributed by atoms with Gasteiger partial charge in [0.15, 0.2) is 0 Å². The van der Waals surface area contributed by atoms with Crippen LogP contribution in [-0.2, 0) is 9.47 Å². The van der Waals surface area contributed by atoms with Gasteiger partial charge in [0.2, 0.25) is 11.8 Å². The number of methoxy groups -OCH3 is 1. The van der Waals surface area contributed by atoms with E-state index < -0.39 is 0 Å². The molecule has 1 aromatic rings. The molecule has 0 aliphatic carbocycles. The molecule has 0 N–H and O–H groups in total. The quantitative estimate of drug-likeness (QED) is 0.824. The van der Waals surface area contributed by atoms with Crippen molar-refractivity contribution in [1.82, 2.24) is 15.1 Å². The summed E-state index contributed by atoms with van der Waals surface area (Å²) in [7, 11) is 1.53. The van der Waals surface area contributed by atoms with Gasteiger partial charge in [-0.3, -0.25) is 0 Å². The summed E-state index contributed by atoms with van der Waals surface area (Å²) in [4.78, 5) is 13.8. The molecule has 1 aromatic heterocycles. The lowest BCUT2D eigenvalue weighted by molar-refractivity contribution is -0.00899. The Bertz CT molecular complexity index is 518. The van der Waals surface area contributed by atoms with Crippen LogP contribution < -0.4 is 9.47 Å². The fourth-order valence-electron chi connectivity index (χ4n) is 2.65. The molecule has 2 saturated heterocycles. The molecular formula is C15H21N3O5. The Kier molecular flexibility index (Phi) is 5.12. The first-order chi connectivity index (χ1) is 11.2. The number of hydrogen-bond acceptors (Lipinski definition) is 7. The normalized spacial score (nSPS) is 22.0. The van der Waals surface area contributed by atoms with Crippen LogP contribution in [0.5, 0.6) is 11.8 Å². The van der Waals surface area contributed by atoms with E-state index in [0.717, 1.165) is 19.3 Å². The van der Waals surface area contributed by atoms with E-state index in [9.17, 15) is 4.79 Å². The van der Waals surface area contributed by atoms with Crippen LogP contribution in [0.1, 0.15) is 19.3 Å². The van der Waals surface area contributed by atoms with Crippen molar-refractivity contribution in [1.29, 1.82) is 0 Å². The summed E-state index contributed by atoms with van der Waals surface area (Å²) >= 11 is 0. The van der Waals surface area contributed by atoms with Crippen molar-refractivity contribution in [2.24, 2.45) is 0 Å². The number of carbonyl (C=O) groups is 1.